The van der Waals surface area contributed by atoms with E-state index in [1.807, 2.05) is 18.2 Å². The van der Waals surface area contributed by atoms with E-state index in [9.17, 15) is 0 Å². The fraction of sp³-hybridized carbons (Fsp3) is 0.250. The predicted molar refractivity (Wildman–Crippen MR) is 117 cm³/mol. The molecule has 0 saturated heterocycles. The van der Waals surface area contributed by atoms with Crippen LogP contribution in [-0.4, -0.2) is 29.2 Å². The van der Waals surface area contributed by atoms with Crippen molar-refractivity contribution in [2.24, 2.45) is 0 Å². The molecule has 0 aliphatic carbocycles. The summed E-state index contributed by atoms with van der Waals surface area (Å²) >= 11 is 5.06. The lowest BCUT2D eigenvalue weighted by Gasteiger charge is -2.08. The summed E-state index contributed by atoms with van der Waals surface area (Å²) in [6, 6.07) is 5.87. The predicted octanol–water partition coefficient (Wildman–Crippen LogP) is 5.74. The van der Waals surface area contributed by atoms with Crippen LogP contribution in [0.15, 0.2) is 34.9 Å². The van der Waals surface area contributed by atoms with E-state index in [-0.39, 0.29) is 0 Å². The first kappa shape index (κ1) is 19.2. The Kier molecular flexibility index (Phi) is 5.52. The highest BCUT2D eigenvalue weighted by Crippen LogP contribution is 2.37. The Morgan fingerprint density at radius 1 is 1.07 bits per heavy atom. The van der Waals surface area contributed by atoms with Gasteiger partial charge in [0.15, 0.2) is 11.5 Å². The van der Waals surface area contributed by atoms with Crippen molar-refractivity contribution in [3.63, 3.8) is 0 Å². The molecule has 28 heavy (non-hydrogen) atoms. The van der Waals surface area contributed by atoms with Gasteiger partial charge >= 0.3 is 0 Å². The number of thioether (sulfide) groups is 1. The second-order valence-corrected chi connectivity index (χ2v) is 9.17. The van der Waals surface area contributed by atoms with E-state index >= 15 is 0 Å². The molecule has 8 heteroatoms. The van der Waals surface area contributed by atoms with Crippen LogP contribution in [0.3, 0.4) is 0 Å². The van der Waals surface area contributed by atoms with Crippen LogP contribution in [0.5, 0.6) is 11.5 Å². The highest BCUT2D eigenvalue weighted by atomic mass is 32.2. The van der Waals surface area contributed by atoms with Gasteiger partial charge in [-0.15, -0.1) is 22.7 Å². The minimum absolute atomic E-state index is 0.706. The van der Waals surface area contributed by atoms with Crippen molar-refractivity contribution in [2.45, 2.75) is 24.6 Å². The molecule has 0 radical (unpaired) electrons. The van der Waals surface area contributed by atoms with Crippen LogP contribution < -0.4 is 9.47 Å². The first-order chi connectivity index (χ1) is 13.6. The van der Waals surface area contributed by atoms with Crippen LogP contribution in [0, 0.1) is 13.8 Å². The summed E-state index contributed by atoms with van der Waals surface area (Å²) in [6.45, 7) is 4.27. The minimum atomic E-state index is 0.706. The molecule has 0 unspecified atom stereocenters. The summed E-state index contributed by atoms with van der Waals surface area (Å²) in [5, 5.41) is 5.26. The van der Waals surface area contributed by atoms with E-state index in [1.54, 1.807) is 55.0 Å². The first-order valence-corrected chi connectivity index (χ1v) is 11.3. The fourth-order valence-corrected chi connectivity index (χ4v) is 5.81. The largest absolute Gasteiger partial charge is 0.493 e. The summed E-state index contributed by atoms with van der Waals surface area (Å²) < 4.78 is 10.7. The van der Waals surface area contributed by atoms with Crippen LogP contribution in [0.1, 0.15) is 16.1 Å². The number of thiazole rings is 1. The number of aromatic nitrogens is 3. The average molecular weight is 430 g/mol. The van der Waals surface area contributed by atoms with Crippen molar-refractivity contribution in [3.05, 3.63) is 46.0 Å². The molecule has 0 fully saturated rings. The van der Waals surface area contributed by atoms with E-state index in [0.29, 0.717) is 11.5 Å². The maximum Gasteiger partial charge on any atom is 0.161 e. The molecule has 0 atom stereocenters. The van der Waals surface area contributed by atoms with E-state index in [4.69, 9.17) is 14.5 Å². The first-order valence-electron chi connectivity index (χ1n) is 8.61. The van der Waals surface area contributed by atoms with Gasteiger partial charge < -0.3 is 9.47 Å². The van der Waals surface area contributed by atoms with Crippen LogP contribution >= 0.6 is 34.4 Å². The summed E-state index contributed by atoms with van der Waals surface area (Å²) in [5.74, 6) is 2.19. The summed E-state index contributed by atoms with van der Waals surface area (Å²) in [6.07, 6.45) is 1.65. The number of methoxy groups -OCH3 is 2. The summed E-state index contributed by atoms with van der Waals surface area (Å²) in [7, 11) is 3.28. The molecule has 3 aromatic heterocycles. The van der Waals surface area contributed by atoms with Crippen LogP contribution in [0.25, 0.3) is 20.8 Å². The topological polar surface area (TPSA) is 57.1 Å². The van der Waals surface area contributed by atoms with Gasteiger partial charge in [-0.25, -0.2) is 15.0 Å². The number of aryl methyl sites for hydroxylation is 2. The molecule has 3 heterocycles. The summed E-state index contributed by atoms with van der Waals surface area (Å²) in [4.78, 5) is 16.1. The third-order valence-electron chi connectivity index (χ3n) is 4.47. The molecule has 1 aromatic carbocycles. The highest BCUT2D eigenvalue weighted by molar-refractivity contribution is 7.98. The zero-order valence-corrected chi connectivity index (χ0v) is 18.4. The average Bonchev–Trinajstić information content (AvgIpc) is 3.31. The molecule has 0 N–H and O–H groups in total. The molecule has 0 amide bonds. The van der Waals surface area contributed by atoms with Gasteiger partial charge in [0.1, 0.15) is 21.2 Å². The second-order valence-electron chi connectivity index (χ2n) is 6.14. The standard InChI is InChI=1S/C20H19N3O2S3/c1-11-12(2)28-20-17(11)19(21-10-22-20)27-9-14-8-26-18(23-14)13-5-6-15(24-3)16(7-13)25-4/h5-8,10H,9H2,1-4H3. The van der Waals surface area contributed by atoms with Gasteiger partial charge in [-0.05, 0) is 37.6 Å². The SMILES string of the molecule is COc1ccc(-c2nc(CSc3ncnc4sc(C)c(C)c34)cs2)cc1OC. The van der Waals surface area contributed by atoms with Gasteiger partial charge in [0, 0.05) is 27.0 Å². The number of nitrogens with zero attached hydrogens (tertiary/aromatic N) is 3. The van der Waals surface area contributed by atoms with Crippen molar-refractivity contribution < 1.29 is 9.47 Å². The third kappa shape index (κ3) is 3.59. The van der Waals surface area contributed by atoms with Gasteiger partial charge in [-0.1, -0.05) is 11.8 Å². The smallest absolute Gasteiger partial charge is 0.161 e. The van der Waals surface area contributed by atoms with Gasteiger partial charge in [0.2, 0.25) is 0 Å². The van der Waals surface area contributed by atoms with E-state index in [1.165, 1.54) is 15.8 Å². The Hall–Kier alpha value is -2.16. The fourth-order valence-electron chi connectivity index (χ4n) is 2.88. The van der Waals surface area contributed by atoms with Crippen molar-refractivity contribution >= 4 is 44.7 Å². The lowest BCUT2D eigenvalue weighted by molar-refractivity contribution is 0.355. The highest BCUT2D eigenvalue weighted by Gasteiger charge is 2.14. The molecule has 144 valence electrons. The number of thiophene rings is 1. The Balaban J connectivity index is 1.55. The lowest BCUT2D eigenvalue weighted by Crippen LogP contribution is -1.91. The van der Waals surface area contributed by atoms with Crippen LogP contribution in [0.4, 0.5) is 0 Å². The maximum absolute atomic E-state index is 5.40. The quantitative estimate of drug-likeness (QED) is 0.288. The van der Waals surface area contributed by atoms with E-state index in [0.717, 1.165) is 31.9 Å². The minimum Gasteiger partial charge on any atom is -0.493 e. The lowest BCUT2D eigenvalue weighted by atomic mass is 10.2. The zero-order chi connectivity index (χ0) is 19.7. The molecule has 0 aliphatic rings. The van der Waals surface area contributed by atoms with Gasteiger partial charge in [-0.2, -0.15) is 0 Å². The Bertz CT molecular complexity index is 1140. The number of fused-ring (bicyclic) bond motifs is 1. The van der Waals surface area contributed by atoms with Gasteiger partial charge in [0.25, 0.3) is 0 Å². The van der Waals surface area contributed by atoms with Gasteiger partial charge in [-0.3, -0.25) is 0 Å². The molecule has 4 aromatic rings. The molecule has 4 rings (SSSR count). The molecule has 0 saturated carbocycles. The molecule has 0 bridgehead atoms. The Morgan fingerprint density at radius 3 is 2.68 bits per heavy atom. The Morgan fingerprint density at radius 2 is 1.89 bits per heavy atom. The second kappa shape index (κ2) is 8.06. The molecule has 5 nitrogen and oxygen atoms in total. The maximum atomic E-state index is 5.40. The van der Waals surface area contributed by atoms with Gasteiger partial charge in [0.05, 0.1) is 19.9 Å². The third-order valence-corrected chi connectivity index (χ3v) is 7.55. The Labute approximate surface area is 175 Å². The number of rotatable bonds is 6. The summed E-state index contributed by atoms with van der Waals surface area (Å²) in [5.41, 5.74) is 3.33. The van der Waals surface area contributed by atoms with Crippen LogP contribution in [-0.2, 0) is 5.75 Å². The molecular formula is C20H19N3O2S3. The monoisotopic (exact) mass is 429 g/mol. The van der Waals surface area contributed by atoms with Crippen molar-refractivity contribution in [1.82, 2.24) is 15.0 Å². The molecular weight excluding hydrogens is 410 g/mol. The normalized spacial score (nSPS) is 11.1. The van der Waals surface area contributed by atoms with Crippen molar-refractivity contribution in [3.8, 4) is 22.1 Å². The molecule has 0 aliphatic heterocycles. The number of ether oxygens (including phenoxy) is 2. The van der Waals surface area contributed by atoms with Crippen molar-refractivity contribution in [2.75, 3.05) is 14.2 Å². The number of hydrogen-bond donors (Lipinski definition) is 0. The van der Waals surface area contributed by atoms with E-state index in [2.05, 4.69) is 29.2 Å². The molecule has 0 spiro atoms. The van der Waals surface area contributed by atoms with E-state index < -0.39 is 0 Å². The number of benzene rings is 1. The van der Waals surface area contributed by atoms with Crippen LogP contribution in [0.2, 0.25) is 0 Å². The zero-order valence-electron chi connectivity index (χ0n) is 16.0. The van der Waals surface area contributed by atoms with Crippen molar-refractivity contribution in [1.29, 1.82) is 0 Å². The number of hydrogen-bond acceptors (Lipinski definition) is 8.